The van der Waals surface area contributed by atoms with Crippen LogP contribution in [0.3, 0.4) is 0 Å². The minimum absolute atomic E-state index is 0.0329. The molecule has 0 saturated carbocycles. The molecule has 3 aromatic rings. The summed E-state index contributed by atoms with van der Waals surface area (Å²) in [5.74, 6) is -5.06. The van der Waals surface area contributed by atoms with Crippen LogP contribution in [0.2, 0.25) is 0 Å². The van der Waals surface area contributed by atoms with E-state index in [2.05, 4.69) is 23.1 Å². The SMILES string of the molecule is O=C(C(=O)C(F)(F)F)C(F)(F)F.O=C(c1cc[n+]([O-])cc1)N1CCC2(CCN(Cc3cccc(Oc4ccccc4)c3)CC2)CC1. The van der Waals surface area contributed by atoms with Crippen molar-refractivity contribution in [2.45, 2.75) is 44.6 Å². The first-order valence-corrected chi connectivity index (χ1v) is 14.4. The van der Waals surface area contributed by atoms with Crippen LogP contribution in [0.1, 0.15) is 41.6 Å². The van der Waals surface area contributed by atoms with E-state index in [1.165, 1.54) is 30.8 Å². The number of nitrogens with zero attached hydrogens (tertiary/aromatic N) is 3. The van der Waals surface area contributed by atoms with Crippen molar-refractivity contribution in [1.29, 1.82) is 0 Å². The third-order valence-corrected chi connectivity index (χ3v) is 8.08. The van der Waals surface area contributed by atoms with E-state index in [-0.39, 0.29) is 5.91 Å². The van der Waals surface area contributed by atoms with Gasteiger partial charge in [-0.3, -0.25) is 19.3 Å². The fourth-order valence-electron chi connectivity index (χ4n) is 5.46. The molecular formula is C32H31F6N3O5. The van der Waals surface area contributed by atoms with Crippen LogP contribution in [0.4, 0.5) is 26.3 Å². The van der Waals surface area contributed by atoms with Crippen molar-refractivity contribution < 1.29 is 50.2 Å². The zero-order valence-electron chi connectivity index (χ0n) is 24.5. The molecule has 1 amide bonds. The van der Waals surface area contributed by atoms with Gasteiger partial charge in [-0.1, -0.05) is 30.3 Å². The number of piperidine rings is 2. The van der Waals surface area contributed by atoms with Crippen LogP contribution >= 0.6 is 0 Å². The highest BCUT2D eigenvalue weighted by atomic mass is 19.4. The predicted octanol–water partition coefficient (Wildman–Crippen LogP) is 5.88. The van der Waals surface area contributed by atoms with Crippen LogP contribution in [0.5, 0.6) is 11.5 Å². The van der Waals surface area contributed by atoms with Gasteiger partial charge in [0, 0.05) is 31.8 Å². The van der Waals surface area contributed by atoms with Gasteiger partial charge < -0.3 is 14.8 Å². The number of carbonyl (C=O) groups excluding carboxylic acids is 3. The first-order valence-electron chi connectivity index (χ1n) is 14.4. The van der Waals surface area contributed by atoms with Gasteiger partial charge in [0.05, 0.1) is 5.56 Å². The maximum Gasteiger partial charge on any atom is 0.458 e. The van der Waals surface area contributed by atoms with Crippen LogP contribution in [-0.4, -0.2) is 65.8 Å². The summed E-state index contributed by atoms with van der Waals surface area (Å²) in [7, 11) is 0. The Hall–Kier alpha value is -4.46. The third kappa shape index (κ3) is 9.28. The number of pyridine rings is 1. The summed E-state index contributed by atoms with van der Waals surface area (Å²) in [5.41, 5.74) is 2.21. The van der Waals surface area contributed by atoms with Gasteiger partial charge in [0.2, 0.25) is 0 Å². The second kappa shape index (κ2) is 14.3. The van der Waals surface area contributed by atoms with E-state index in [4.69, 9.17) is 4.74 Å². The lowest BCUT2D eigenvalue weighted by Crippen LogP contribution is -2.48. The number of rotatable bonds is 6. The van der Waals surface area contributed by atoms with Crippen molar-refractivity contribution >= 4 is 17.5 Å². The summed E-state index contributed by atoms with van der Waals surface area (Å²) < 4.78 is 73.7. The van der Waals surface area contributed by atoms with Gasteiger partial charge in [-0.2, -0.15) is 31.1 Å². The Morgan fingerprint density at radius 3 is 1.80 bits per heavy atom. The van der Waals surface area contributed by atoms with Crippen LogP contribution in [0, 0.1) is 10.6 Å². The van der Waals surface area contributed by atoms with E-state index >= 15 is 0 Å². The van der Waals surface area contributed by atoms with Crippen molar-refractivity contribution in [1.82, 2.24) is 9.80 Å². The van der Waals surface area contributed by atoms with E-state index in [1.807, 2.05) is 41.3 Å². The molecule has 5 rings (SSSR count). The molecule has 246 valence electrons. The quantitative estimate of drug-likeness (QED) is 0.143. The number of aromatic nitrogens is 1. The first-order chi connectivity index (χ1) is 21.6. The lowest BCUT2D eigenvalue weighted by Gasteiger charge is -2.47. The molecule has 2 aromatic carbocycles. The van der Waals surface area contributed by atoms with Gasteiger partial charge in [-0.05, 0) is 74.0 Å². The van der Waals surface area contributed by atoms with Crippen molar-refractivity contribution in [3.05, 3.63) is 95.5 Å². The Labute approximate surface area is 260 Å². The average molecular weight is 652 g/mol. The molecule has 0 radical (unpaired) electrons. The van der Waals surface area contributed by atoms with Crippen LogP contribution in [0.15, 0.2) is 79.1 Å². The van der Waals surface area contributed by atoms with Crippen molar-refractivity contribution in [2.75, 3.05) is 26.2 Å². The molecule has 3 heterocycles. The molecular weight excluding hydrogens is 620 g/mol. The normalized spacial score (nSPS) is 16.7. The zero-order valence-corrected chi connectivity index (χ0v) is 24.5. The smallest absolute Gasteiger partial charge is 0.458 e. The summed E-state index contributed by atoms with van der Waals surface area (Å²) >= 11 is 0. The molecule has 0 aliphatic carbocycles. The molecule has 1 spiro atoms. The first kappa shape index (κ1) is 34.4. The standard InChI is InChI=1S/C28H31N3O3.C4F6O2/c32-27(24-9-15-31(33)16-10-24)30-19-13-28(14-20-30)11-17-29(18-12-28)22-23-5-4-8-26(21-23)34-25-6-2-1-3-7-25;5-3(6,7)1(11)2(12)4(8,9)10/h1-10,15-16,21H,11-14,17-20,22H2;. The second-order valence-electron chi connectivity index (χ2n) is 11.2. The number of hydrogen-bond acceptors (Lipinski definition) is 6. The minimum atomic E-state index is -5.77. The Bertz CT molecular complexity index is 1470. The van der Waals surface area contributed by atoms with E-state index < -0.39 is 23.9 Å². The third-order valence-electron chi connectivity index (χ3n) is 8.08. The number of likely N-dealkylation sites (tertiary alicyclic amines) is 2. The summed E-state index contributed by atoms with van der Waals surface area (Å²) in [6, 6.07) is 21.5. The molecule has 14 heteroatoms. The molecule has 2 fully saturated rings. The monoisotopic (exact) mass is 651 g/mol. The van der Waals surface area contributed by atoms with Crippen molar-refractivity contribution in [3.63, 3.8) is 0 Å². The molecule has 0 atom stereocenters. The Morgan fingerprint density at radius 1 is 0.739 bits per heavy atom. The van der Waals surface area contributed by atoms with Gasteiger partial charge in [0.15, 0.2) is 12.4 Å². The summed E-state index contributed by atoms with van der Waals surface area (Å²) in [5, 5.41) is 11.2. The van der Waals surface area contributed by atoms with Gasteiger partial charge in [0.25, 0.3) is 5.91 Å². The Kier molecular flexibility index (Phi) is 10.7. The Morgan fingerprint density at radius 2 is 1.26 bits per heavy atom. The lowest BCUT2D eigenvalue weighted by atomic mass is 9.71. The number of amides is 1. The number of ether oxygens (including phenoxy) is 1. The van der Waals surface area contributed by atoms with E-state index in [1.54, 1.807) is 12.1 Å². The maximum atomic E-state index is 12.8. The zero-order chi connectivity index (χ0) is 33.5. The van der Waals surface area contributed by atoms with E-state index in [0.717, 1.165) is 57.1 Å². The fraction of sp³-hybridized carbons (Fsp3) is 0.375. The molecule has 1 aromatic heterocycles. The van der Waals surface area contributed by atoms with Crippen molar-refractivity contribution in [2.24, 2.45) is 5.41 Å². The highest BCUT2D eigenvalue weighted by molar-refractivity contribution is 6.41. The Balaban J connectivity index is 0.000000342. The number of benzene rings is 2. The molecule has 0 bridgehead atoms. The second-order valence-corrected chi connectivity index (χ2v) is 11.2. The summed E-state index contributed by atoms with van der Waals surface area (Å²) in [6.45, 7) is 4.69. The molecule has 0 unspecified atom stereocenters. The fourth-order valence-corrected chi connectivity index (χ4v) is 5.46. The number of alkyl halides is 6. The lowest BCUT2D eigenvalue weighted by molar-refractivity contribution is -0.605. The van der Waals surface area contributed by atoms with E-state index in [0.29, 0.717) is 15.7 Å². The minimum Gasteiger partial charge on any atom is -0.619 e. The highest BCUT2D eigenvalue weighted by Gasteiger charge is 2.54. The number of para-hydroxylation sites is 1. The van der Waals surface area contributed by atoms with Crippen LogP contribution in [-0.2, 0) is 16.1 Å². The van der Waals surface area contributed by atoms with Crippen LogP contribution in [0.25, 0.3) is 0 Å². The molecule has 2 aliphatic heterocycles. The molecule has 2 saturated heterocycles. The molecule has 0 N–H and O–H groups in total. The largest absolute Gasteiger partial charge is 0.619 e. The number of hydrogen-bond donors (Lipinski definition) is 0. The van der Waals surface area contributed by atoms with Gasteiger partial charge in [-0.15, -0.1) is 0 Å². The number of halogens is 6. The van der Waals surface area contributed by atoms with Gasteiger partial charge in [-0.25, -0.2) is 0 Å². The highest BCUT2D eigenvalue weighted by Crippen LogP contribution is 2.42. The molecule has 2 aliphatic rings. The topological polar surface area (TPSA) is 93.9 Å². The van der Waals surface area contributed by atoms with Crippen LogP contribution < -0.4 is 9.47 Å². The van der Waals surface area contributed by atoms with Crippen molar-refractivity contribution in [3.8, 4) is 11.5 Å². The summed E-state index contributed by atoms with van der Waals surface area (Å²) in [6.07, 6.45) is -4.30. The summed E-state index contributed by atoms with van der Waals surface area (Å²) in [4.78, 5) is 36.5. The number of ketones is 2. The van der Waals surface area contributed by atoms with Gasteiger partial charge >= 0.3 is 23.9 Å². The predicted molar refractivity (Wildman–Crippen MR) is 153 cm³/mol. The number of Topliss-reactive ketones (excluding diaryl/α,β-unsaturated/α-hetero) is 2. The van der Waals surface area contributed by atoms with Gasteiger partial charge in [0.1, 0.15) is 11.5 Å². The van der Waals surface area contributed by atoms with E-state index in [9.17, 15) is 45.9 Å². The number of carbonyl (C=O) groups is 3. The molecule has 8 nitrogen and oxygen atoms in total. The average Bonchev–Trinajstić information content (AvgIpc) is 3.02. The molecule has 46 heavy (non-hydrogen) atoms. The maximum absolute atomic E-state index is 12.8.